The van der Waals surface area contributed by atoms with Crippen molar-refractivity contribution >= 4 is 28.9 Å². The number of hydrogen-bond donors (Lipinski definition) is 3. The minimum absolute atomic E-state index is 0.0836. The minimum Gasteiger partial charge on any atom is -0.367 e. The molecule has 7 heteroatoms. The van der Waals surface area contributed by atoms with E-state index < -0.39 is 5.82 Å². The van der Waals surface area contributed by atoms with Crippen LogP contribution < -0.4 is 16.4 Å². The zero-order valence-corrected chi connectivity index (χ0v) is 18.0. The van der Waals surface area contributed by atoms with Crippen LogP contribution in [-0.4, -0.2) is 22.1 Å². The Kier molecular flexibility index (Phi) is 7.05. The summed E-state index contributed by atoms with van der Waals surface area (Å²) in [6, 6.07) is 7.29. The molecule has 4 rings (SSSR count). The summed E-state index contributed by atoms with van der Waals surface area (Å²) in [6.07, 6.45) is 12.9. The molecule has 30 heavy (non-hydrogen) atoms. The lowest BCUT2D eigenvalue weighted by Crippen LogP contribution is -2.30. The number of benzene rings is 1. The topological polar surface area (TPSA) is 75.9 Å². The summed E-state index contributed by atoms with van der Waals surface area (Å²) in [5.41, 5.74) is 6.73. The fourth-order valence-electron chi connectivity index (χ4n) is 4.87. The molecule has 2 saturated carbocycles. The monoisotopic (exact) mass is 431 g/mol. The van der Waals surface area contributed by atoms with Crippen molar-refractivity contribution in [2.24, 2.45) is 17.6 Å². The first-order valence-electron chi connectivity index (χ1n) is 11.1. The van der Waals surface area contributed by atoms with Gasteiger partial charge in [-0.05, 0) is 87.8 Å². The molecule has 0 saturated heterocycles. The molecule has 0 amide bonds. The van der Waals surface area contributed by atoms with E-state index in [4.69, 9.17) is 17.3 Å². The van der Waals surface area contributed by atoms with E-state index in [-0.39, 0.29) is 5.02 Å². The summed E-state index contributed by atoms with van der Waals surface area (Å²) in [6.45, 7) is 0. The molecule has 1 aromatic carbocycles. The third-order valence-corrected chi connectivity index (χ3v) is 6.91. The molecule has 162 valence electrons. The van der Waals surface area contributed by atoms with Gasteiger partial charge in [0.15, 0.2) is 0 Å². The quantitative estimate of drug-likeness (QED) is 0.531. The van der Waals surface area contributed by atoms with Crippen LogP contribution in [-0.2, 0) is 0 Å². The maximum absolute atomic E-state index is 13.3. The maximum atomic E-state index is 13.3. The molecule has 0 atom stereocenters. The standard InChI is InChI=1S/C23H31ClFN5/c24-20-12-19(9-10-21(20)25)30-23-13-22(27-14-28-23)29-18-7-3-16(4-8-18)11-15-1-5-17(26)6-2-15/h9-10,12-18H,1-8,11,26H2,(H2,27,28,29,30). The summed E-state index contributed by atoms with van der Waals surface area (Å²) in [5.74, 6) is 2.77. The van der Waals surface area contributed by atoms with Crippen molar-refractivity contribution in [3.8, 4) is 0 Å². The van der Waals surface area contributed by atoms with Gasteiger partial charge < -0.3 is 16.4 Å². The smallest absolute Gasteiger partial charge is 0.141 e. The van der Waals surface area contributed by atoms with Crippen molar-refractivity contribution in [3.05, 3.63) is 41.4 Å². The van der Waals surface area contributed by atoms with Gasteiger partial charge >= 0.3 is 0 Å². The van der Waals surface area contributed by atoms with Gasteiger partial charge in [-0.3, -0.25) is 0 Å². The Labute approximate surface area is 183 Å². The van der Waals surface area contributed by atoms with E-state index in [1.54, 1.807) is 12.1 Å². The van der Waals surface area contributed by atoms with Gasteiger partial charge in [-0.1, -0.05) is 11.6 Å². The van der Waals surface area contributed by atoms with Gasteiger partial charge in [-0.2, -0.15) is 0 Å². The zero-order chi connectivity index (χ0) is 20.9. The first-order chi connectivity index (χ1) is 14.5. The lowest BCUT2D eigenvalue weighted by atomic mass is 9.76. The molecule has 2 aliphatic rings. The van der Waals surface area contributed by atoms with Crippen LogP contribution in [0.2, 0.25) is 5.02 Å². The SMILES string of the molecule is NC1CCC(CC2CCC(Nc3cc(Nc4ccc(F)c(Cl)c4)ncn3)CC2)CC1. The van der Waals surface area contributed by atoms with Crippen molar-refractivity contribution in [1.82, 2.24) is 9.97 Å². The second-order valence-electron chi connectivity index (χ2n) is 8.92. The molecule has 2 fully saturated rings. The average molecular weight is 432 g/mol. The highest BCUT2D eigenvalue weighted by atomic mass is 35.5. The van der Waals surface area contributed by atoms with Gasteiger partial charge in [0.05, 0.1) is 5.02 Å². The van der Waals surface area contributed by atoms with Crippen LogP contribution in [0.25, 0.3) is 0 Å². The van der Waals surface area contributed by atoms with Crippen LogP contribution in [0.5, 0.6) is 0 Å². The van der Waals surface area contributed by atoms with E-state index in [2.05, 4.69) is 20.6 Å². The third kappa shape index (κ3) is 5.82. The van der Waals surface area contributed by atoms with Crippen molar-refractivity contribution < 1.29 is 4.39 Å². The largest absolute Gasteiger partial charge is 0.367 e. The Hall–Kier alpha value is -1.92. The van der Waals surface area contributed by atoms with E-state index in [1.165, 1.54) is 70.2 Å². The fraction of sp³-hybridized carbons (Fsp3) is 0.565. The lowest BCUT2D eigenvalue weighted by Gasteiger charge is -2.33. The Morgan fingerprint density at radius 1 is 0.933 bits per heavy atom. The normalized spacial score (nSPS) is 26.9. The summed E-state index contributed by atoms with van der Waals surface area (Å²) < 4.78 is 13.3. The number of nitrogens with zero attached hydrogens (tertiary/aromatic N) is 2. The summed E-state index contributed by atoms with van der Waals surface area (Å²) in [5, 5.41) is 6.80. The Morgan fingerprint density at radius 2 is 1.60 bits per heavy atom. The predicted molar refractivity (Wildman–Crippen MR) is 121 cm³/mol. The first-order valence-corrected chi connectivity index (χ1v) is 11.5. The van der Waals surface area contributed by atoms with Gasteiger partial charge in [0.25, 0.3) is 0 Å². The van der Waals surface area contributed by atoms with Crippen LogP contribution in [0.3, 0.4) is 0 Å². The maximum Gasteiger partial charge on any atom is 0.141 e. The highest BCUT2D eigenvalue weighted by Crippen LogP contribution is 2.35. The van der Waals surface area contributed by atoms with E-state index in [0.717, 1.165) is 17.7 Å². The molecular formula is C23H31ClFN5. The Balaban J connectivity index is 1.26. The average Bonchev–Trinajstić information content (AvgIpc) is 2.74. The van der Waals surface area contributed by atoms with Crippen LogP contribution in [0, 0.1) is 17.7 Å². The third-order valence-electron chi connectivity index (χ3n) is 6.62. The lowest BCUT2D eigenvalue weighted by molar-refractivity contribution is 0.229. The highest BCUT2D eigenvalue weighted by molar-refractivity contribution is 6.31. The van der Waals surface area contributed by atoms with Gasteiger partial charge in [-0.15, -0.1) is 0 Å². The van der Waals surface area contributed by atoms with Crippen molar-refractivity contribution in [1.29, 1.82) is 0 Å². The molecule has 0 unspecified atom stereocenters. The van der Waals surface area contributed by atoms with E-state index in [0.29, 0.717) is 23.6 Å². The minimum atomic E-state index is -0.435. The first kappa shape index (κ1) is 21.3. The molecule has 0 spiro atoms. The molecule has 0 bridgehead atoms. The molecule has 1 aromatic heterocycles. The van der Waals surface area contributed by atoms with E-state index in [1.807, 2.05) is 6.07 Å². The molecule has 2 aliphatic carbocycles. The highest BCUT2D eigenvalue weighted by Gasteiger charge is 2.26. The van der Waals surface area contributed by atoms with Crippen molar-refractivity contribution in [2.75, 3.05) is 10.6 Å². The molecule has 5 nitrogen and oxygen atoms in total. The van der Waals surface area contributed by atoms with E-state index in [9.17, 15) is 4.39 Å². The number of aromatic nitrogens is 2. The van der Waals surface area contributed by atoms with E-state index >= 15 is 0 Å². The number of halogens is 2. The van der Waals surface area contributed by atoms with Gasteiger partial charge in [0.1, 0.15) is 23.8 Å². The van der Waals surface area contributed by atoms with Crippen molar-refractivity contribution in [3.63, 3.8) is 0 Å². The predicted octanol–water partition coefficient (Wildman–Crippen LogP) is 5.89. The van der Waals surface area contributed by atoms with Crippen LogP contribution in [0.1, 0.15) is 57.8 Å². The Bertz CT molecular complexity index is 832. The second-order valence-corrected chi connectivity index (χ2v) is 9.33. The molecule has 0 radical (unpaired) electrons. The number of hydrogen-bond acceptors (Lipinski definition) is 5. The number of rotatable bonds is 6. The number of nitrogens with one attached hydrogen (secondary N) is 2. The number of nitrogens with two attached hydrogens (primary N) is 1. The van der Waals surface area contributed by atoms with Crippen LogP contribution >= 0.6 is 11.6 Å². The molecule has 2 aromatic rings. The molecular weight excluding hydrogens is 401 g/mol. The zero-order valence-electron chi connectivity index (χ0n) is 17.3. The second kappa shape index (κ2) is 9.92. The van der Waals surface area contributed by atoms with Crippen LogP contribution in [0.15, 0.2) is 30.6 Å². The Morgan fingerprint density at radius 3 is 2.30 bits per heavy atom. The number of anilines is 3. The molecule has 0 aliphatic heterocycles. The molecule has 1 heterocycles. The fourth-order valence-corrected chi connectivity index (χ4v) is 5.05. The van der Waals surface area contributed by atoms with Crippen molar-refractivity contribution in [2.45, 2.75) is 69.9 Å². The van der Waals surface area contributed by atoms with Gasteiger partial charge in [0, 0.05) is 23.8 Å². The van der Waals surface area contributed by atoms with Gasteiger partial charge in [0.2, 0.25) is 0 Å². The van der Waals surface area contributed by atoms with Crippen LogP contribution in [0.4, 0.5) is 21.7 Å². The van der Waals surface area contributed by atoms with Gasteiger partial charge in [-0.25, -0.2) is 14.4 Å². The molecule has 4 N–H and O–H groups in total. The summed E-state index contributed by atoms with van der Waals surface area (Å²) >= 11 is 5.85. The summed E-state index contributed by atoms with van der Waals surface area (Å²) in [4.78, 5) is 8.62. The summed E-state index contributed by atoms with van der Waals surface area (Å²) in [7, 11) is 0.